The van der Waals surface area contributed by atoms with Gasteiger partial charge < -0.3 is 9.84 Å². The SMILES string of the molecule is Cc1cc(Cl)ccc1C1CC(O)c2ccc(F)cc2O1. The Hall–Kier alpha value is -1.58. The first kappa shape index (κ1) is 13.4. The minimum absolute atomic E-state index is 0.295. The molecule has 4 heteroatoms. The fourth-order valence-corrected chi connectivity index (χ4v) is 2.83. The van der Waals surface area contributed by atoms with Gasteiger partial charge in [-0.05, 0) is 42.3 Å². The first-order valence-electron chi connectivity index (χ1n) is 6.45. The number of hydrogen-bond donors (Lipinski definition) is 1. The number of fused-ring (bicyclic) bond motifs is 1. The van der Waals surface area contributed by atoms with Gasteiger partial charge >= 0.3 is 0 Å². The molecule has 1 aliphatic heterocycles. The van der Waals surface area contributed by atoms with Gasteiger partial charge in [-0.2, -0.15) is 0 Å². The van der Waals surface area contributed by atoms with Crippen molar-refractivity contribution in [2.75, 3.05) is 0 Å². The molecule has 2 unspecified atom stereocenters. The maximum absolute atomic E-state index is 13.3. The van der Waals surface area contributed by atoms with Gasteiger partial charge in [-0.1, -0.05) is 17.7 Å². The molecular weight excluding hydrogens is 279 g/mol. The fraction of sp³-hybridized carbons (Fsp3) is 0.250. The van der Waals surface area contributed by atoms with Crippen molar-refractivity contribution in [3.05, 3.63) is 63.9 Å². The van der Waals surface area contributed by atoms with Gasteiger partial charge in [0, 0.05) is 23.1 Å². The van der Waals surface area contributed by atoms with Crippen molar-refractivity contribution in [2.45, 2.75) is 25.6 Å². The molecule has 1 N–H and O–H groups in total. The van der Waals surface area contributed by atoms with Gasteiger partial charge in [-0.25, -0.2) is 4.39 Å². The van der Waals surface area contributed by atoms with Crippen LogP contribution >= 0.6 is 11.6 Å². The predicted molar refractivity (Wildman–Crippen MR) is 75.5 cm³/mol. The van der Waals surface area contributed by atoms with E-state index < -0.39 is 6.10 Å². The van der Waals surface area contributed by atoms with Crippen LogP contribution in [0.15, 0.2) is 36.4 Å². The Morgan fingerprint density at radius 3 is 2.70 bits per heavy atom. The number of aliphatic hydroxyl groups is 1. The van der Waals surface area contributed by atoms with Gasteiger partial charge in [0.25, 0.3) is 0 Å². The molecule has 20 heavy (non-hydrogen) atoms. The van der Waals surface area contributed by atoms with E-state index in [2.05, 4.69) is 0 Å². The van der Waals surface area contributed by atoms with E-state index in [0.29, 0.717) is 22.8 Å². The molecule has 0 amide bonds. The molecule has 1 heterocycles. The van der Waals surface area contributed by atoms with Gasteiger partial charge in [-0.3, -0.25) is 0 Å². The summed E-state index contributed by atoms with van der Waals surface area (Å²) in [5.41, 5.74) is 2.59. The molecule has 0 bridgehead atoms. The zero-order valence-electron chi connectivity index (χ0n) is 10.9. The van der Waals surface area contributed by atoms with Crippen LogP contribution in [-0.2, 0) is 0 Å². The number of benzene rings is 2. The van der Waals surface area contributed by atoms with Crippen LogP contribution in [0.25, 0.3) is 0 Å². The molecule has 0 saturated carbocycles. The van der Waals surface area contributed by atoms with Crippen LogP contribution in [0, 0.1) is 12.7 Å². The van der Waals surface area contributed by atoms with Crippen LogP contribution in [0.1, 0.15) is 35.3 Å². The fourth-order valence-electron chi connectivity index (χ4n) is 2.61. The molecule has 2 atom stereocenters. The summed E-state index contributed by atoms with van der Waals surface area (Å²) in [6.45, 7) is 1.94. The molecule has 2 aromatic rings. The zero-order chi connectivity index (χ0) is 14.3. The summed E-state index contributed by atoms with van der Waals surface area (Å²) in [5, 5.41) is 10.9. The van der Waals surface area contributed by atoms with Crippen LogP contribution in [0.2, 0.25) is 5.02 Å². The molecule has 0 aromatic heterocycles. The maximum Gasteiger partial charge on any atom is 0.128 e. The first-order valence-corrected chi connectivity index (χ1v) is 6.82. The molecule has 104 valence electrons. The molecule has 1 aliphatic rings. The Labute approximate surface area is 121 Å². The molecule has 0 fully saturated rings. The van der Waals surface area contributed by atoms with Gasteiger partial charge in [0.1, 0.15) is 17.7 Å². The number of aliphatic hydroxyl groups excluding tert-OH is 1. The number of rotatable bonds is 1. The van der Waals surface area contributed by atoms with E-state index in [9.17, 15) is 9.50 Å². The average molecular weight is 293 g/mol. The van der Waals surface area contributed by atoms with E-state index in [-0.39, 0.29) is 11.9 Å². The van der Waals surface area contributed by atoms with Crippen molar-refractivity contribution in [2.24, 2.45) is 0 Å². The summed E-state index contributed by atoms with van der Waals surface area (Å²) < 4.78 is 19.2. The molecular formula is C16H14ClFO2. The molecule has 0 aliphatic carbocycles. The lowest BCUT2D eigenvalue weighted by atomic mass is 9.93. The second-order valence-corrected chi connectivity index (χ2v) is 5.48. The number of ether oxygens (including phenoxy) is 1. The van der Waals surface area contributed by atoms with Crippen molar-refractivity contribution in [1.82, 2.24) is 0 Å². The minimum Gasteiger partial charge on any atom is -0.485 e. The highest BCUT2D eigenvalue weighted by atomic mass is 35.5. The summed E-state index contributed by atoms with van der Waals surface area (Å²) >= 11 is 5.95. The molecule has 3 rings (SSSR count). The molecule has 2 nitrogen and oxygen atoms in total. The smallest absolute Gasteiger partial charge is 0.128 e. The van der Waals surface area contributed by atoms with E-state index in [1.807, 2.05) is 19.1 Å². The average Bonchev–Trinajstić information content (AvgIpc) is 2.37. The first-order chi connectivity index (χ1) is 9.54. The highest BCUT2D eigenvalue weighted by molar-refractivity contribution is 6.30. The highest BCUT2D eigenvalue weighted by Gasteiger charge is 2.29. The lowest BCUT2D eigenvalue weighted by molar-refractivity contribution is 0.0651. The standard InChI is InChI=1S/C16H14ClFO2/c1-9-6-10(17)2-4-12(9)16-8-14(19)13-5-3-11(18)7-15(13)20-16/h2-7,14,16,19H,8H2,1H3. The van der Waals surface area contributed by atoms with E-state index in [4.69, 9.17) is 16.3 Å². The van der Waals surface area contributed by atoms with Crippen molar-refractivity contribution in [3.63, 3.8) is 0 Å². The third kappa shape index (κ3) is 2.39. The highest BCUT2D eigenvalue weighted by Crippen LogP contribution is 2.41. The molecule has 0 radical (unpaired) electrons. The molecule has 0 saturated heterocycles. The lowest BCUT2D eigenvalue weighted by Gasteiger charge is -2.30. The van der Waals surface area contributed by atoms with E-state index >= 15 is 0 Å². The topological polar surface area (TPSA) is 29.5 Å². The molecule has 0 spiro atoms. The van der Waals surface area contributed by atoms with Gasteiger partial charge in [0.2, 0.25) is 0 Å². The summed E-state index contributed by atoms with van der Waals surface area (Å²) in [6, 6.07) is 9.75. The second-order valence-electron chi connectivity index (χ2n) is 5.04. The van der Waals surface area contributed by atoms with Crippen LogP contribution < -0.4 is 4.74 Å². The van der Waals surface area contributed by atoms with Gasteiger partial charge in [-0.15, -0.1) is 0 Å². The largest absolute Gasteiger partial charge is 0.485 e. The van der Waals surface area contributed by atoms with Crippen LogP contribution in [0.5, 0.6) is 5.75 Å². The quantitative estimate of drug-likeness (QED) is 0.847. The Kier molecular flexibility index (Phi) is 3.40. The van der Waals surface area contributed by atoms with Gasteiger partial charge in [0.15, 0.2) is 0 Å². The zero-order valence-corrected chi connectivity index (χ0v) is 11.7. The number of hydrogen-bond acceptors (Lipinski definition) is 2. The van der Waals surface area contributed by atoms with E-state index in [1.165, 1.54) is 12.1 Å². The van der Waals surface area contributed by atoms with E-state index in [0.717, 1.165) is 11.1 Å². The van der Waals surface area contributed by atoms with Crippen LogP contribution in [-0.4, -0.2) is 5.11 Å². The summed E-state index contributed by atoms with van der Waals surface area (Å²) in [6.07, 6.45) is -0.503. The lowest BCUT2D eigenvalue weighted by Crippen LogP contribution is -2.19. The monoisotopic (exact) mass is 292 g/mol. The minimum atomic E-state index is -0.653. The maximum atomic E-state index is 13.3. The third-order valence-electron chi connectivity index (χ3n) is 3.62. The summed E-state index contributed by atoms with van der Waals surface area (Å²) in [5.74, 6) is 0.0347. The summed E-state index contributed by atoms with van der Waals surface area (Å²) in [4.78, 5) is 0. The Morgan fingerprint density at radius 1 is 1.20 bits per heavy atom. The van der Waals surface area contributed by atoms with Crippen molar-refractivity contribution in [3.8, 4) is 5.75 Å². The Bertz CT molecular complexity index is 657. The Balaban J connectivity index is 1.98. The van der Waals surface area contributed by atoms with Gasteiger partial charge in [0.05, 0.1) is 6.10 Å². The van der Waals surface area contributed by atoms with Crippen molar-refractivity contribution >= 4 is 11.6 Å². The van der Waals surface area contributed by atoms with Crippen molar-refractivity contribution < 1.29 is 14.2 Å². The van der Waals surface area contributed by atoms with Crippen molar-refractivity contribution in [1.29, 1.82) is 0 Å². The normalized spacial score (nSPS) is 21.2. The number of aryl methyl sites for hydroxylation is 1. The Morgan fingerprint density at radius 2 is 1.95 bits per heavy atom. The summed E-state index contributed by atoms with van der Waals surface area (Å²) in [7, 11) is 0. The number of halogens is 2. The third-order valence-corrected chi connectivity index (χ3v) is 3.85. The second kappa shape index (κ2) is 5.08. The van der Waals surface area contributed by atoms with Crippen LogP contribution in [0.4, 0.5) is 4.39 Å². The predicted octanol–water partition coefficient (Wildman–Crippen LogP) is 4.34. The molecule has 2 aromatic carbocycles. The van der Waals surface area contributed by atoms with Crippen LogP contribution in [0.3, 0.4) is 0 Å². The van der Waals surface area contributed by atoms with E-state index in [1.54, 1.807) is 12.1 Å².